The molecule has 2 rings (SSSR count). The average molecular weight is 200 g/mol. The predicted molar refractivity (Wildman–Crippen MR) is 63.2 cm³/mol. The van der Waals surface area contributed by atoms with E-state index >= 15 is 0 Å². The van der Waals surface area contributed by atoms with E-state index < -0.39 is 0 Å². The number of allylic oxidation sites excluding steroid dienone is 3. The molecule has 0 saturated heterocycles. The topological polar surface area (TPSA) is 9.23 Å². The number of rotatable bonds is 1. The molecule has 0 atom stereocenters. The van der Waals surface area contributed by atoms with Gasteiger partial charge in [-0.25, -0.2) is 0 Å². The molecule has 0 radical (unpaired) electrons. The number of aryl methyl sites for hydroxylation is 1. The molecule has 1 aromatic carbocycles. The van der Waals surface area contributed by atoms with Crippen LogP contribution in [0.5, 0.6) is 0 Å². The third-order valence-corrected chi connectivity index (χ3v) is 2.79. The van der Waals surface area contributed by atoms with Crippen LogP contribution >= 0.6 is 0 Å². The SMILES string of the molecule is CC1=C(C)OC(c2ccc(C)cc2)=CC1. The van der Waals surface area contributed by atoms with Crippen LogP contribution in [-0.4, -0.2) is 0 Å². The summed E-state index contributed by atoms with van der Waals surface area (Å²) in [6.07, 6.45) is 3.14. The number of hydrogen-bond acceptors (Lipinski definition) is 1. The fraction of sp³-hybridized carbons (Fsp3) is 0.286. The van der Waals surface area contributed by atoms with Gasteiger partial charge in [0.2, 0.25) is 0 Å². The minimum Gasteiger partial charge on any atom is -0.462 e. The van der Waals surface area contributed by atoms with Gasteiger partial charge in [-0.15, -0.1) is 0 Å². The van der Waals surface area contributed by atoms with E-state index in [1.807, 2.05) is 6.92 Å². The van der Waals surface area contributed by atoms with Gasteiger partial charge in [-0.05, 0) is 38.8 Å². The standard InChI is InChI=1S/C14H16O/c1-10-4-7-13(8-5-10)14-9-6-11(2)12(3)15-14/h4-5,7-9H,6H2,1-3H3. The average Bonchev–Trinajstić information content (AvgIpc) is 2.23. The first-order valence-electron chi connectivity index (χ1n) is 5.28. The molecule has 0 aromatic heterocycles. The van der Waals surface area contributed by atoms with Crippen molar-refractivity contribution in [2.75, 3.05) is 0 Å². The van der Waals surface area contributed by atoms with Crippen molar-refractivity contribution in [1.82, 2.24) is 0 Å². The molecule has 0 bridgehead atoms. The summed E-state index contributed by atoms with van der Waals surface area (Å²) in [5, 5.41) is 0. The van der Waals surface area contributed by atoms with E-state index in [1.165, 1.54) is 11.1 Å². The van der Waals surface area contributed by atoms with E-state index in [0.717, 1.165) is 23.5 Å². The number of hydrogen-bond donors (Lipinski definition) is 0. The molecule has 0 saturated carbocycles. The van der Waals surface area contributed by atoms with Crippen molar-refractivity contribution in [2.24, 2.45) is 0 Å². The Morgan fingerprint density at radius 2 is 1.67 bits per heavy atom. The van der Waals surface area contributed by atoms with Crippen LogP contribution in [0.4, 0.5) is 0 Å². The van der Waals surface area contributed by atoms with Crippen LogP contribution < -0.4 is 0 Å². The van der Waals surface area contributed by atoms with Crippen molar-refractivity contribution < 1.29 is 4.74 Å². The van der Waals surface area contributed by atoms with Gasteiger partial charge in [-0.2, -0.15) is 0 Å². The Bertz CT molecular complexity index is 421. The molecule has 1 aromatic rings. The predicted octanol–water partition coefficient (Wildman–Crippen LogP) is 4.05. The largest absolute Gasteiger partial charge is 0.462 e. The zero-order valence-electron chi connectivity index (χ0n) is 9.50. The molecule has 1 heteroatoms. The molecule has 0 amide bonds. The Balaban J connectivity index is 2.24. The summed E-state index contributed by atoms with van der Waals surface area (Å²) in [4.78, 5) is 0. The number of benzene rings is 1. The van der Waals surface area contributed by atoms with Gasteiger partial charge in [0.1, 0.15) is 11.5 Å². The molecule has 1 aliphatic rings. The third kappa shape index (κ3) is 2.12. The summed E-state index contributed by atoms with van der Waals surface area (Å²) in [6, 6.07) is 8.43. The van der Waals surface area contributed by atoms with Gasteiger partial charge in [0.05, 0.1) is 0 Å². The van der Waals surface area contributed by atoms with Gasteiger partial charge in [-0.3, -0.25) is 0 Å². The number of ether oxygens (including phenoxy) is 1. The van der Waals surface area contributed by atoms with Crippen LogP contribution in [0, 0.1) is 6.92 Å². The molecule has 0 N–H and O–H groups in total. The van der Waals surface area contributed by atoms with Crippen LogP contribution in [-0.2, 0) is 4.74 Å². The van der Waals surface area contributed by atoms with Gasteiger partial charge in [-0.1, -0.05) is 29.8 Å². The normalized spacial score (nSPS) is 16.1. The lowest BCUT2D eigenvalue weighted by atomic mass is 10.1. The summed E-state index contributed by atoms with van der Waals surface area (Å²) in [6.45, 7) is 6.23. The summed E-state index contributed by atoms with van der Waals surface area (Å²) in [5.41, 5.74) is 3.75. The Kier molecular flexibility index (Phi) is 2.63. The van der Waals surface area contributed by atoms with Gasteiger partial charge in [0.25, 0.3) is 0 Å². The van der Waals surface area contributed by atoms with Crippen LogP contribution in [0.25, 0.3) is 5.76 Å². The summed E-state index contributed by atoms with van der Waals surface area (Å²) in [7, 11) is 0. The maximum Gasteiger partial charge on any atom is 0.130 e. The highest BCUT2D eigenvalue weighted by atomic mass is 16.5. The Morgan fingerprint density at radius 1 is 1.00 bits per heavy atom. The Labute approximate surface area is 91.1 Å². The summed E-state index contributed by atoms with van der Waals surface area (Å²) in [5.74, 6) is 2.02. The maximum atomic E-state index is 5.77. The first kappa shape index (κ1) is 10.0. The molecular weight excluding hydrogens is 184 g/mol. The lowest BCUT2D eigenvalue weighted by Crippen LogP contribution is -1.98. The molecular formula is C14H16O. The minimum absolute atomic E-state index is 0.984. The van der Waals surface area contributed by atoms with E-state index in [-0.39, 0.29) is 0 Å². The molecule has 0 spiro atoms. The second kappa shape index (κ2) is 3.93. The second-order valence-electron chi connectivity index (χ2n) is 4.08. The van der Waals surface area contributed by atoms with E-state index in [9.17, 15) is 0 Å². The zero-order chi connectivity index (χ0) is 10.8. The van der Waals surface area contributed by atoms with Crippen molar-refractivity contribution in [2.45, 2.75) is 27.2 Å². The molecule has 1 heterocycles. The molecule has 1 nitrogen and oxygen atoms in total. The van der Waals surface area contributed by atoms with Crippen molar-refractivity contribution >= 4 is 5.76 Å². The molecule has 1 aliphatic heterocycles. The minimum atomic E-state index is 0.984. The molecule has 15 heavy (non-hydrogen) atoms. The quantitative estimate of drug-likeness (QED) is 0.664. The summed E-state index contributed by atoms with van der Waals surface area (Å²) >= 11 is 0. The van der Waals surface area contributed by atoms with Crippen molar-refractivity contribution in [3.8, 4) is 0 Å². The Hall–Kier alpha value is -1.50. The molecule has 0 unspecified atom stereocenters. The lowest BCUT2D eigenvalue weighted by Gasteiger charge is -2.17. The van der Waals surface area contributed by atoms with Crippen molar-refractivity contribution in [1.29, 1.82) is 0 Å². The van der Waals surface area contributed by atoms with Crippen molar-refractivity contribution in [3.05, 3.63) is 52.8 Å². The van der Waals surface area contributed by atoms with Crippen LogP contribution in [0.15, 0.2) is 41.7 Å². The summed E-state index contributed by atoms with van der Waals surface area (Å²) < 4.78 is 5.77. The second-order valence-corrected chi connectivity index (χ2v) is 4.08. The van der Waals surface area contributed by atoms with Gasteiger partial charge in [0.15, 0.2) is 0 Å². The molecule has 0 aliphatic carbocycles. The fourth-order valence-electron chi connectivity index (χ4n) is 1.58. The van der Waals surface area contributed by atoms with E-state index in [0.29, 0.717) is 0 Å². The van der Waals surface area contributed by atoms with Gasteiger partial charge in [0, 0.05) is 5.56 Å². The first-order chi connectivity index (χ1) is 7.16. The highest BCUT2D eigenvalue weighted by Crippen LogP contribution is 2.27. The fourth-order valence-corrected chi connectivity index (χ4v) is 1.58. The van der Waals surface area contributed by atoms with Gasteiger partial charge < -0.3 is 4.74 Å². The third-order valence-electron chi connectivity index (χ3n) is 2.79. The highest BCUT2D eigenvalue weighted by Gasteiger charge is 2.10. The zero-order valence-corrected chi connectivity index (χ0v) is 9.50. The molecule has 78 valence electrons. The van der Waals surface area contributed by atoms with E-state index in [2.05, 4.69) is 44.2 Å². The van der Waals surface area contributed by atoms with Crippen LogP contribution in [0.3, 0.4) is 0 Å². The highest BCUT2D eigenvalue weighted by molar-refractivity contribution is 5.62. The van der Waals surface area contributed by atoms with Crippen LogP contribution in [0.2, 0.25) is 0 Å². The van der Waals surface area contributed by atoms with Gasteiger partial charge >= 0.3 is 0 Å². The van der Waals surface area contributed by atoms with E-state index in [4.69, 9.17) is 4.74 Å². The first-order valence-corrected chi connectivity index (χ1v) is 5.28. The Morgan fingerprint density at radius 3 is 2.27 bits per heavy atom. The van der Waals surface area contributed by atoms with E-state index in [1.54, 1.807) is 0 Å². The monoisotopic (exact) mass is 200 g/mol. The smallest absolute Gasteiger partial charge is 0.130 e. The maximum absolute atomic E-state index is 5.77. The van der Waals surface area contributed by atoms with Crippen LogP contribution in [0.1, 0.15) is 31.4 Å². The van der Waals surface area contributed by atoms with Crippen molar-refractivity contribution in [3.63, 3.8) is 0 Å². The molecule has 0 fully saturated rings. The lowest BCUT2D eigenvalue weighted by molar-refractivity contribution is 0.369.